The van der Waals surface area contributed by atoms with E-state index in [0.29, 0.717) is 11.3 Å². The van der Waals surface area contributed by atoms with E-state index in [1.807, 2.05) is 0 Å². The topological polar surface area (TPSA) is 26.0 Å². The molecule has 0 fully saturated rings. The summed E-state index contributed by atoms with van der Waals surface area (Å²) in [6.07, 6.45) is 3.91. The highest BCUT2D eigenvalue weighted by Crippen LogP contribution is 2.32. The van der Waals surface area contributed by atoms with Gasteiger partial charge in [0.2, 0.25) is 0 Å². The Kier molecular flexibility index (Phi) is 5.62. The summed E-state index contributed by atoms with van der Waals surface area (Å²) in [5, 5.41) is 0. The van der Waals surface area contributed by atoms with E-state index in [9.17, 15) is 0 Å². The molecule has 0 amide bonds. The van der Waals surface area contributed by atoms with Gasteiger partial charge < -0.3 is 5.73 Å². The van der Waals surface area contributed by atoms with Crippen LogP contribution in [-0.2, 0) is 0 Å². The van der Waals surface area contributed by atoms with Crippen molar-refractivity contribution in [3.63, 3.8) is 0 Å². The minimum atomic E-state index is 0.461. The van der Waals surface area contributed by atoms with E-state index in [2.05, 4.69) is 34.6 Å². The van der Waals surface area contributed by atoms with E-state index in [1.165, 1.54) is 19.3 Å². The van der Waals surface area contributed by atoms with Crippen molar-refractivity contribution in [2.75, 3.05) is 6.54 Å². The lowest BCUT2D eigenvalue weighted by Crippen LogP contribution is -2.21. The van der Waals surface area contributed by atoms with Gasteiger partial charge in [-0.25, -0.2) is 0 Å². The summed E-state index contributed by atoms with van der Waals surface area (Å²) in [6.45, 7) is 12.4. The first-order valence-corrected chi connectivity index (χ1v) is 5.61. The van der Waals surface area contributed by atoms with E-state index < -0.39 is 0 Å². The van der Waals surface area contributed by atoms with Crippen molar-refractivity contribution in [1.82, 2.24) is 0 Å². The number of hydrogen-bond donors (Lipinski definition) is 1. The smallest absolute Gasteiger partial charge is 0.00515 e. The van der Waals surface area contributed by atoms with Gasteiger partial charge in [0.05, 0.1) is 0 Å². The lowest BCUT2D eigenvalue weighted by atomic mass is 9.76. The summed E-state index contributed by atoms with van der Waals surface area (Å²) in [4.78, 5) is 0. The molecule has 0 aromatic carbocycles. The van der Waals surface area contributed by atoms with Crippen LogP contribution in [0.15, 0.2) is 0 Å². The molecule has 0 bridgehead atoms. The Bertz CT molecular complexity index is 124. The van der Waals surface area contributed by atoms with Crippen molar-refractivity contribution in [3.8, 4) is 0 Å². The average molecular weight is 185 g/mol. The first-order chi connectivity index (χ1) is 5.91. The van der Waals surface area contributed by atoms with Gasteiger partial charge >= 0.3 is 0 Å². The molecule has 0 saturated carbocycles. The summed E-state index contributed by atoms with van der Waals surface area (Å²) in [7, 11) is 0. The van der Waals surface area contributed by atoms with Gasteiger partial charge in [-0.2, -0.15) is 0 Å². The molecular formula is C12H27N. The van der Waals surface area contributed by atoms with Crippen molar-refractivity contribution in [2.45, 2.75) is 53.9 Å². The van der Waals surface area contributed by atoms with Crippen LogP contribution in [0.4, 0.5) is 0 Å². The maximum atomic E-state index is 5.61. The molecule has 0 aliphatic heterocycles. The molecule has 2 atom stereocenters. The SMILES string of the molecule is CCC(CC[C@H](C)CN)C(C)(C)C. The Morgan fingerprint density at radius 2 is 1.69 bits per heavy atom. The van der Waals surface area contributed by atoms with Crippen LogP contribution in [-0.4, -0.2) is 6.54 Å². The average Bonchev–Trinajstić information content (AvgIpc) is 2.02. The van der Waals surface area contributed by atoms with E-state index >= 15 is 0 Å². The summed E-state index contributed by atoms with van der Waals surface area (Å²) >= 11 is 0. The largest absolute Gasteiger partial charge is 0.330 e. The van der Waals surface area contributed by atoms with Crippen LogP contribution in [0.1, 0.15) is 53.9 Å². The third-order valence-electron chi connectivity index (χ3n) is 3.13. The van der Waals surface area contributed by atoms with Gasteiger partial charge in [0.25, 0.3) is 0 Å². The Labute approximate surface area is 84.1 Å². The van der Waals surface area contributed by atoms with Gasteiger partial charge in [-0.05, 0) is 36.6 Å². The van der Waals surface area contributed by atoms with Gasteiger partial charge in [-0.1, -0.05) is 41.0 Å². The quantitative estimate of drug-likeness (QED) is 0.697. The van der Waals surface area contributed by atoms with Crippen molar-refractivity contribution in [1.29, 1.82) is 0 Å². The van der Waals surface area contributed by atoms with Gasteiger partial charge in [0, 0.05) is 0 Å². The molecule has 1 nitrogen and oxygen atoms in total. The zero-order valence-corrected chi connectivity index (χ0v) is 10.1. The molecule has 80 valence electrons. The molecule has 0 spiro atoms. The lowest BCUT2D eigenvalue weighted by Gasteiger charge is -2.30. The second kappa shape index (κ2) is 5.64. The molecule has 0 aromatic rings. The first-order valence-electron chi connectivity index (χ1n) is 5.61. The predicted octanol–water partition coefficient (Wildman–Crippen LogP) is 3.43. The summed E-state index contributed by atoms with van der Waals surface area (Å²) in [5.74, 6) is 1.54. The molecule has 0 aliphatic rings. The molecule has 0 aromatic heterocycles. The fraction of sp³-hybridized carbons (Fsp3) is 1.00. The second-order valence-electron chi connectivity index (χ2n) is 5.39. The molecule has 1 heteroatoms. The minimum absolute atomic E-state index is 0.461. The zero-order chi connectivity index (χ0) is 10.5. The van der Waals surface area contributed by atoms with Gasteiger partial charge in [0.1, 0.15) is 0 Å². The van der Waals surface area contributed by atoms with Crippen LogP contribution in [0.3, 0.4) is 0 Å². The molecule has 1 unspecified atom stereocenters. The van der Waals surface area contributed by atoms with Gasteiger partial charge in [-0.15, -0.1) is 0 Å². The summed E-state index contributed by atoms with van der Waals surface area (Å²) < 4.78 is 0. The van der Waals surface area contributed by atoms with Crippen LogP contribution >= 0.6 is 0 Å². The molecule has 13 heavy (non-hydrogen) atoms. The normalized spacial score (nSPS) is 17.1. The van der Waals surface area contributed by atoms with Crippen LogP contribution in [0.5, 0.6) is 0 Å². The maximum absolute atomic E-state index is 5.61. The highest BCUT2D eigenvalue weighted by atomic mass is 14.5. The summed E-state index contributed by atoms with van der Waals surface area (Å²) in [6, 6.07) is 0. The molecule has 0 saturated heterocycles. The Hall–Kier alpha value is -0.0400. The third-order valence-corrected chi connectivity index (χ3v) is 3.13. The van der Waals surface area contributed by atoms with Crippen LogP contribution < -0.4 is 5.73 Å². The van der Waals surface area contributed by atoms with E-state index in [-0.39, 0.29) is 0 Å². The number of hydrogen-bond acceptors (Lipinski definition) is 1. The van der Waals surface area contributed by atoms with E-state index in [0.717, 1.165) is 12.5 Å². The van der Waals surface area contributed by atoms with Gasteiger partial charge in [-0.3, -0.25) is 0 Å². The molecule has 0 heterocycles. The monoisotopic (exact) mass is 185 g/mol. The standard InChI is InChI=1S/C12H27N/c1-6-11(12(3,4)5)8-7-10(2)9-13/h10-11H,6-9,13H2,1-5H3/t10-,11?/m0/s1. The third kappa shape index (κ3) is 5.30. The summed E-state index contributed by atoms with van der Waals surface area (Å²) in [5.41, 5.74) is 6.07. The Balaban J connectivity index is 3.86. The fourth-order valence-corrected chi connectivity index (χ4v) is 1.85. The van der Waals surface area contributed by atoms with E-state index in [1.54, 1.807) is 0 Å². The van der Waals surface area contributed by atoms with Crippen LogP contribution in [0.25, 0.3) is 0 Å². The zero-order valence-electron chi connectivity index (χ0n) is 10.1. The molecule has 0 radical (unpaired) electrons. The predicted molar refractivity (Wildman–Crippen MR) is 60.7 cm³/mol. The van der Waals surface area contributed by atoms with Crippen LogP contribution in [0, 0.1) is 17.3 Å². The minimum Gasteiger partial charge on any atom is -0.330 e. The van der Waals surface area contributed by atoms with Crippen molar-refractivity contribution in [3.05, 3.63) is 0 Å². The Morgan fingerprint density at radius 3 is 2.00 bits per heavy atom. The van der Waals surface area contributed by atoms with Crippen LogP contribution in [0.2, 0.25) is 0 Å². The van der Waals surface area contributed by atoms with Crippen molar-refractivity contribution < 1.29 is 0 Å². The fourth-order valence-electron chi connectivity index (χ4n) is 1.85. The molecular weight excluding hydrogens is 158 g/mol. The highest BCUT2D eigenvalue weighted by molar-refractivity contribution is 4.73. The van der Waals surface area contributed by atoms with E-state index in [4.69, 9.17) is 5.73 Å². The van der Waals surface area contributed by atoms with Crippen molar-refractivity contribution in [2.24, 2.45) is 23.0 Å². The molecule has 0 aliphatic carbocycles. The molecule has 0 rings (SSSR count). The molecule has 2 N–H and O–H groups in total. The highest BCUT2D eigenvalue weighted by Gasteiger charge is 2.22. The Morgan fingerprint density at radius 1 is 1.15 bits per heavy atom. The van der Waals surface area contributed by atoms with Crippen molar-refractivity contribution >= 4 is 0 Å². The lowest BCUT2D eigenvalue weighted by molar-refractivity contribution is 0.206. The number of nitrogens with two attached hydrogens (primary N) is 1. The second-order valence-corrected chi connectivity index (χ2v) is 5.39. The number of rotatable bonds is 5. The first kappa shape index (κ1) is 13.0. The maximum Gasteiger partial charge on any atom is -0.00515 e. The van der Waals surface area contributed by atoms with Gasteiger partial charge in [0.15, 0.2) is 0 Å².